The minimum absolute atomic E-state index is 0.976. The minimum atomic E-state index is 0.976. The van der Waals surface area contributed by atoms with E-state index < -0.39 is 0 Å². The first-order valence-corrected chi connectivity index (χ1v) is 6.51. The molecule has 1 unspecified atom stereocenters. The van der Waals surface area contributed by atoms with Crippen LogP contribution < -0.4 is 5.32 Å². The number of allylic oxidation sites excluding steroid dienone is 3. The van der Waals surface area contributed by atoms with E-state index in [1.54, 1.807) is 0 Å². The molecule has 1 N–H and O–H groups in total. The summed E-state index contributed by atoms with van der Waals surface area (Å²) in [6.07, 6.45) is 10.9. The third-order valence-corrected chi connectivity index (χ3v) is 3.23. The fourth-order valence-electron chi connectivity index (χ4n) is 1.61. The molecule has 1 aliphatic heterocycles. The van der Waals surface area contributed by atoms with E-state index in [1.165, 1.54) is 11.3 Å². The normalized spacial score (nSPS) is 18.9. The van der Waals surface area contributed by atoms with Crippen molar-refractivity contribution in [3.63, 3.8) is 0 Å². The summed E-state index contributed by atoms with van der Waals surface area (Å²) in [6, 6.07) is 0. The summed E-state index contributed by atoms with van der Waals surface area (Å²) in [4.78, 5) is 0. The number of hydrogen-bond donors (Lipinski definition) is 1. The quantitative estimate of drug-likeness (QED) is 0.585. The Morgan fingerprint density at radius 1 is 1.62 bits per heavy atom. The largest absolute Gasteiger partial charge is 0.385 e. The van der Waals surface area contributed by atoms with Crippen LogP contribution in [0.5, 0.6) is 0 Å². The lowest BCUT2D eigenvalue weighted by Crippen LogP contribution is -2.26. The summed E-state index contributed by atoms with van der Waals surface area (Å²) >= 11 is 0. The lowest BCUT2D eigenvalue weighted by atomic mass is 10.1. The molecule has 0 fully saturated rings. The topological polar surface area (TPSA) is 15.3 Å². The smallest absolute Gasteiger partial charge is 0.0360 e. The van der Waals surface area contributed by atoms with Crippen molar-refractivity contribution >= 4 is 9.39 Å². The maximum absolute atomic E-state index is 3.53. The standard InChI is InChI=1S/C13H23N2P/c1-3-5-6-12(4-2)11-14-13-7-9-15(16)10-8-13/h3,5-7,14H,4,8-11,16H2,1-2H3/b5-3-,12-6+. The molecule has 1 heterocycles. The number of rotatable bonds is 5. The Morgan fingerprint density at radius 2 is 2.44 bits per heavy atom. The van der Waals surface area contributed by atoms with Crippen molar-refractivity contribution in [2.75, 3.05) is 19.6 Å². The van der Waals surface area contributed by atoms with Crippen molar-refractivity contribution in [3.05, 3.63) is 35.6 Å². The molecular weight excluding hydrogens is 215 g/mol. The van der Waals surface area contributed by atoms with Crippen molar-refractivity contribution in [2.45, 2.75) is 26.7 Å². The van der Waals surface area contributed by atoms with E-state index in [0.717, 1.165) is 32.5 Å². The number of hydrogen-bond acceptors (Lipinski definition) is 2. The summed E-state index contributed by atoms with van der Waals surface area (Å²) in [5.41, 5.74) is 2.84. The van der Waals surface area contributed by atoms with Crippen LogP contribution in [-0.4, -0.2) is 24.3 Å². The van der Waals surface area contributed by atoms with Crippen LogP contribution in [0.15, 0.2) is 35.6 Å². The first-order valence-electron chi connectivity index (χ1n) is 5.99. The van der Waals surface area contributed by atoms with Crippen molar-refractivity contribution in [2.24, 2.45) is 0 Å². The summed E-state index contributed by atoms with van der Waals surface area (Å²) in [5, 5.41) is 3.53. The molecule has 3 heteroatoms. The van der Waals surface area contributed by atoms with Gasteiger partial charge in [-0.2, -0.15) is 0 Å². The second-order valence-electron chi connectivity index (χ2n) is 4.03. The van der Waals surface area contributed by atoms with Gasteiger partial charge in [0.1, 0.15) is 0 Å². The Hall–Kier alpha value is -0.590. The van der Waals surface area contributed by atoms with Gasteiger partial charge in [0.2, 0.25) is 0 Å². The molecule has 2 nitrogen and oxygen atoms in total. The molecule has 16 heavy (non-hydrogen) atoms. The van der Waals surface area contributed by atoms with E-state index in [4.69, 9.17) is 0 Å². The zero-order valence-electron chi connectivity index (χ0n) is 10.4. The third-order valence-electron chi connectivity index (χ3n) is 2.76. The molecule has 0 bridgehead atoms. The van der Waals surface area contributed by atoms with Gasteiger partial charge in [0.15, 0.2) is 0 Å². The molecule has 1 aliphatic rings. The van der Waals surface area contributed by atoms with Crippen LogP contribution >= 0.6 is 9.39 Å². The van der Waals surface area contributed by atoms with Crippen LogP contribution in [0, 0.1) is 0 Å². The fraction of sp³-hybridized carbons (Fsp3) is 0.538. The zero-order chi connectivity index (χ0) is 11.8. The summed E-state index contributed by atoms with van der Waals surface area (Å²) in [6.45, 7) is 7.39. The predicted molar refractivity (Wildman–Crippen MR) is 75.2 cm³/mol. The van der Waals surface area contributed by atoms with Crippen molar-refractivity contribution in [1.82, 2.24) is 9.99 Å². The highest BCUT2D eigenvalue weighted by atomic mass is 31.0. The van der Waals surface area contributed by atoms with Crippen LogP contribution in [0.25, 0.3) is 0 Å². The maximum atomic E-state index is 3.53. The van der Waals surface area contributed by atoms with Crippen LogP contribution in [0.4, 0.5) is 0 Å². The van der Waals surface area contributed by atoms with Crippen molar-refractivity contribution < 1.29 is 0 Å². The molecule has 90 valence electrons. The monoisotopic (exact) mass is 238 g/mol. The molecule has 1 atom stereocenters. The highest BCUT2D eigenvalue weighted by molar-refractivity contribution is 7.13. The Bertz CT molecular complexity index is 292. The molecule has 0 aromatic carbocycles. The Kier molecular flexibility index (Phi) is 6.44. The zero-order valence-corrected chi connectivity index (χ0v) is 11.5. The number of nitrogens with zero attached hydrogens (tertiary/aromatic N) is 1. The Morgan fingerprint density at radius 3 is 3.00 bits per heavy atom. The van der Waals surface area contributed by atoms with E-state index in [2.05, 4.69) is 50.6 Å². The average Bonchev–Trinajstić information content (AvgIpc) is 2.32. The molecule has 0 saturated heterocycles. The van der Waals surface area contributed by atoms with Gasteiger partial charge in [0, 0.05) is 25.3 Å². The van der Waals surface area contributed by atoms with Crippen LogP contribution in [-0.2, 0) is 0 Å². The average molecular weight is 238 g/mol. The predicted octanol–water partition coefficient (Wildman–Crippen LogP) is 2.87. The van der Waals surface area contributed by atoms with Gasteiger partial charge < -0.3 is 5.32 Å². The Labute approximate surface area is 102 Å². The van der Waals surface area contributed by atoms with Gasteiger partial charge in [-0.05, 0) is 19.8 Å². The first kappa shape index (κ1) is 13.5. The molecule has 0 spiro atoms. The first-order chi connectivity index (χ1) is 7.76. The summed E-state index contributed by atoms with van der Waals surface area (Å²) in [5.74, 6) is 0. The van der Waals surface area contributed by atoms with Gasteiger partial charge in [0.25, 0.3) is 0 Å². The molecule has 0 saturated carbocycles. The number of nitrogens with one attached hydrogen (secondary N) is 1. The highest BCUT2D eigenvalue weighted by Crippen LogP contribution is 2.12. The molecule has 0 aromatic rings. The molecule has 0 aromatic heterocycles. The molecule has 0 amide bonds. The Balaban J connectivity index is 2.38. The maximum Gasteiger partial charge on any atom is 0.0360 e. The van der Waals surface area contributed by atoms with Crippen LogP contribution in [0.1, 0.15) is 26.7 Å². The van der Waals surface area contributed by atoms with Crippen LogP contribution in [0.2, 0.25) is 0 Å². The van der Waals surface area contributed by atoms with E-state index >= 15 is 0 Å². The third kappa shape index (κ3) is 4.96. The second-order valence-corrected chi connectivity index (χ2v) is 4.76. The molecular formula is C13H23N2P. The van der Waals surface area contributed by atoms with E-state index in [9.17, 15) is 0 Å². The summed E-state index contributed by atoms with van der Waals surface area (Å²) in [7, 11) is 2.75. The van der Waals surface area contributed by atoms with Gasteiger partial charge in [0.05, 0.1) is 0 Å². The second kappa shape index (κ2) is 7.65. The van der Waals surface area contributed by atoms with Crippen molar-refractivity contribution in [1.29, 1.82) is 0 Å². The minimum Gasteiger partial charge on any atom is -0.385 e. The van der Waals surface area contributed by atoms with Gasteiger partial charge in [-0.15, -0.1) is 0 Å². The fourth-order valence-corrected chi connectivity index (χ4v) is 1.84. The highest BCUT2D eigenvalue weighted by Gasteiger charge is 2.07. The lowest BCUT2D eigenvalue weighted by Gasteiger charge is -2.22. The van der Waals surface area contributed by atoms with E-state index in [0.29, 0.717) is 0 Å². The lowest BCUT2D eigenvalue weighted by molar-refractivity contribution is 0.485. The summed E-state index contributed by atoms with van der Waals surface area (Å²) < 4.78 is 2.25. The molecule has 1 rings (SSSR count). The molecule has 0 radical (unpaired) electrons. The van der Waals surface area contributed by atoms with Gasteiger partial charge >= 0.3 is 0 Å². The van der Waals surface area contributed by atoms with Crippen molar-refractivity contribution in [3.8, 4) is 0 Å². The SMILES string of the molecule is C/C=C\C=C(/CC)CNC1=CCN(P)CC1. The molecule has 0 aliphatic carbocycles. The van der Waals surface area contributed by atoms with Gasteiger partial charge in [-0.25, -0.2) is 0 Å². The van der Waals surface area contributed by atoms with Gasteiger partial charge in [-0.3, -0.25) is 4.67 Å². The van der Waals surface area contributed by atoms with Crippen LogP contribution in [0.3, 0.4) is 0 Å². The van der Waals surface area contributed by atoms with E-state index in [1.807, 2.05) is 6.92 Å². The van der Waals surface area contributed by atoms with Gasteiger partial charge in [-0.1, -0.05) is 46.2 Å². The van der Waals surface area contributed by atoms with E-state index in [-0.39, 0.29) is 0 Å².